The Morgan fingerprint density at radius 3 is 2.42 bits per heavy atom. The molecule has 1 aromatic carbocycles. The first-order chi connectivity index (χ1) is 11.4. The monoisotopic (exact) mass is 345 g/mol. The van der Waals surface area contributed by atoms with Crippen LogP contribution >= 0.6 is 0 Å². The van der Waals surface area contributed by atoms with E-state index in [9.17, 15) is 8.42 Å². The van der Waals surface area contributed by atoms with Gasteiger partial charge < -0.3 is 4.42 Å². The number of aryl methyl sites for hydroxylation is 2. The first kappa shape index (κ1) is 16.5. The summed E-state index contributed by atoms with van der Waals surface area (Å²) >= 11 is 0. The lowest BCUT2D eigenvalue weighted by atomic mass is 10.2. The average molecular weight is 345 g/mol. The third kappa shape index (κ3) is 3.27. The summed E-state index contributed by atoms with van der Waals surface area (Å²) in [6, 6.07) is 10.7. The van der Waals surface area contributed by atoms with Crippen molar-refractivity contribution in [1.82, 2.24) is 14.9 Å². The van der Waals surface area contributed by atoms with Crippen molar-refractivity contribution in [3.63, 3.8) is 0 Å². The number of sulfonamides is 1. The van der Waals surface area contributed by atoms with Crippen LogP contribution in [0.15, 0.2) is 45.9 Å². The van der Waals surface area contributed by atoms with Gasteiger partial charge in [-0.05, 0) is 38.5 Å². The normalized spacial score (nSPS) is 11.8. The molecule has 6 nitrogen and oxygen atoms in total. The van der Waals surface area contributed by atoms with E-state index in [0.717, 1.165) is 22.4 Å². The lowest BCUT2D eigenvalue weighted by molar-refractivity contribution is 0.454. The third-order valence-corrected chi connectivity index (χ3v) is 5.19. The van der Waals surface area contributed by atoms with Crippen LogP contribution in [0.25, 0.3) is 11.5 Å². The van der Waals surface area contributed by atoms with Crippen LogP contribution in [0.1, 0.15) is 22.4 Å². The molecule has 0 saturated carbocycles. The number of rotatable bonds is 5. The molecule has 0 unspecified atom stereocenters. The number of hydrogen-bond donors (Lipinski definition) is 2. The van der Waals surface area contributed by atoms with Gasteiger partial charge in [-0.25, -0.2) is 13.1 Å². The Kier molecular flexibility index (Phi) is 4.29. The Hall–Kier alpha value is -2.38. The molecule has 0 fully saturated rings. The van der Waals surface area contributed by atoms with Crippen molar-refractivity contribution in [3.8, 4) is 11.5 Å². The molecule has 24 heavy (non-hydrogen) atoms. The molecule has 0 radical (unpaired) electrons. The maximum Gasteiger partial charge on any atom is 0.274 e. The summed E-state index contributed by atoms with van der Waals surface area (Å²) in [5, 5.41) is 6.89. The Morgan fingerprint density at radius 2 is 1.79 bits per heavy atom. The third-order valence-electron chi connectivity index (χ3n) is 3.92. The zero-order valence-corrected chi connectivity index (χ0v) is 14.6. The molecular formula is C17H19N3O3S. The number of nitrogens with zero attached hydrogens (tertiary/aromatic N) is 1. The van der Waals surface area contributed by atoms with E-state index in [1.807, 2.05) is 45.0 Å². The topological polar surface area (TPSA) is 88.0 Å². The highest BCUT2D eigenvalue weighted by Crippen LogP contribution is 2.26. The van der Waals surface area contributed by atoms with Gasteiger partial charge in [0.1, 0.15) is 5.69 Å². The first-order valence-electron chi connectivity index (χ1n) is 7.54. The molecule has 2 N–H and O–H groups in total. The predicted molar refractivity (Wildman–Crippen MR) is 91.0 cm³/mol. The van der Waals surface area contributed by atoms with Crippen molar-refractivity contribution < 1.29 is 12.8 Å². The van der Waals surface area contributed by atoms with E-state index in [4.69, 9.17) is 4.42 Å². The van der Waals surface area contributed by atoms with Crippen LogP contribution in [0.3, 0.4) is 0 Å². The minimum Gasteiger partial charge on any atom is -0.442 e. The van der Waals surface area contributed by atoms with Gasteiger partial charge in [-0.2, -0.15) is 5.10 Å². The molecule has 3 rings (SSSR count). The van der Waals surface area contributed by atoms with E-state index in [1.165, 1.54) is 6.07 Å². The maximum absolute atomic E-state index is 12.4. The summed E-state index contributed by atoms with van der Waals surface area (Å²) in [5.41, 5.74) is 4.48. The smallest absolute Gasteiger partial charge is 0.274 e. The molecule has 0 aliphatic rings. The van der Waals surface area contributed by atoms with Gasteiger partial charge in [-0.3, -0.25) is 5.10 Å². The fourth-order valence-corrected chi connectivity index (χ4v) is 3.22. The van der Waals surface area contributed by atoms with E-state index in [0.29, 0.717) is 11.5 Å². The Labute approximate surface area is 141 Å². The maximum atomic E-state index is 12.4. The van der Waals surface area contributed by atoms with Crippen LogP contribution < -0.4 is 4.72 Å². The number of furan rings is 1. The molecule has 0 spiro atoms. The van der Waals surface area contributed by atoms with Gasteiger partial charge in [0.15, 0.2) is 5.76 Å². The fourth-order valence-electron chi connectivity index (χ4n) is 2.27. The van der Waals surface area contributed by atoms with E-state index < -0.39 is 10.0 Å². The second kappa shape index (κ2) is 6.26. The molecule has 0 amide bonds. The molecule has 0 aliphatic carbocycles. The van der Waals surface area contributed by atoms with Crippen LogP contribution in [0.2, 0.25) is 0 Å². The van der Waals surface area contributed by atoms with Crippen LogP contribution in [-0.2, 0) is 16.6 Å². The summed E-state index contributed by atoms with van der Waals surface area (Å²) in [5.74, 6) is 0.424. The number of H-pyrrole nitrogens is 1. The standard InChI is InChI=1S/C17H19N3O3S/c1-11-4-6-14(7-5-11)10-18-24(21,22)16-9-8-15(23-16)17-12(2)13(3)19-20-17/h4-9,18H,10H2,1-3H3,(H,19,20). The lowest BCUT2D eigenvalue weighted by Gasteiger charge is -2.05. The van der Waals surface area contributed by atoms with E-state index in [1.54, 1.807) is 6.07 Å². The van der Waals surface area contributed by atoms with Crippen molar-refractivity contribution in [2.75, 3.05) is 0 Å². The molecule has 7 heteroatoms. The van der Waals surface area contributed by atoms with Crippen molar-refractivity contribution in [1.29, 1.82) is 0 Å². The Balaban J connectivity index is 1.78. The van der Waals surface area contributed by atoms with Crippen molar-refractivity contribution >= 4 is 10.0 Å². The molecule has 2 aromatic heterocycles. The molecule has 126 valence electrons. The molecule has 0 atom stereocenters. The van der Waals surface area contributed by atoms with Gasteiger partial charge in [0.05, 0.1) is 0 Å². The number of nitrogens with one attached hydrogen (secondary N) is 2. The minimum absolute atomic E-state index is 0.121. The summed E-state index contributed by atoms with van der Waals surface area (Å²) in [6.45, 7) is 5.99. The van der Waals surface area contributed by atoms with Crippen LogP contribution in [0.4, 0.5) is 0 Å². The number of aromatic amines is 1. The SMILES string of the molecule is Cc1ccc(CNS(=O)(=O)c2ccc(-c3n[nH]c(C)c3C)o2)cc1. The fraction of sp³-hybridized carbons (Fsp3) is 0.235. The van der Waals surface area contributed by atoms with Gasteiger partial charge in [0, 0.05) is 17.8 Å². The summed E-state index contributed by atoms with van der Waals surface area (Å²) in [6.07, 6.45) is 0. The Morgan fingerprint density at radius 1 is 1.08 bits per heavy atom. The molecule has 3 aromatic rings. The molecule has 0 saturated heterocycles. The second-order valence-electron chi connectivity index (χ2n) is 5.75. The van der Waals surface area contributed by atoms with Crippen LogP contribution in [0.5, 0.6) is 0 Å². The second-order valence-corrected chi connectivity index (χ2v) is 7.45. The van der Waals surface area contributed by atoms with Gasteiger partial charge >= 0.3 is 0 Å². The average Bonchev–Trinajstić information content (AvgIpc) is 3.16. The summed E-state index contributed by atoms with van der Waals surface area (Å²) < 4.78 is 32.8. The van der Waals surface area contributed by atoms with Crippen LogP contribution in [-0.4, -0.2) is 18.6 Å². The van der Waals surface area contributed by atoms with Gasteiger partial charge in [0.2, 0.25) is 5.09 Å². The first-order valence-corrected chi connectivity index (χ1v) is 9.02. The molecule has 0 aliphatic heterocycles. The predicted octanol–water partition coefficient (Wildman–Crippen LogP) is 3.07. The zero-order valence-electron chi connectivity index (χ0n) is 13.8. The molecule has 0 bridgehead atoms. The quantitative estimate of drug-likeness (QED) is 0.744. The highest BCUT2D eigenvalue weighted by atomic mass is 32.2. The van der Waals surface area contributed by atoms with E-state index >= 15 is 0 Å². The van der Waals surface area contributed by atoms with Crippen molar-refractivity contribution in [2.45, 2.75) is 32.4 Å². The van der Waals surface area contributed by atoms with Gasteiger partial charge in [0.25, 0.3) is 10.0 Å². The van der Waals surface area contributed by atoms with Crippen molar-refractivity contribution in [2.24, 2.45) is 0 Å². The number of hydrogen-bond acceptors (Lipinski definition) is 4. The summed E-state index contributed by atoms with van der Waals surface area (Å²) in [4.78, 5) is 0. The highest BCUT2D eigenvalue weighted by molar-refractivity contribution is 7.89. The zero-order chi connectivity index (χ0) is 17.3. The van der Waals surface area contributed by atoms with Crippen LogP contribution in [0, 0.1) is 20.8 Å². The lowest BCUT2D eigenvalue weighted by Crippen LogP contribution is -2.22. The molecule has 2 heterocycles. The number of aromatic nitrogens is 2. The van der Waals surface area contributed by atoms with Gasteiger partial charge in [-0.15, -0.1) is 0 Å². The van der Waals surface area contributed by atoms with E-state index in [-0.39, 0.29) is 11.6 Å². The highest BCUT2D eigenvalue weighted by Gasteiger charge is 2.21. The molecular weight excluding hydrogens is 326 g/mol. The number of benzene rings is 1. The van der Waals surface area contributed by atoms with E-state index in [2.05, 4.69) is 14.9 Å². The summed E-state index contributed by atoms with van der Waals surface area (Å²) in [7, 11) is -3.72. The largest absolute Gasteiger partial charge is 0.442 e. The minimum atomic E-state index is -3.72. The van der Waals surface area contributed by atoms with Crippen molar-refractivity contribution in [3.05, 3.63) is 58.8 Å². The van der Waals surface area contributed by atoms with Gasteiger partial charge in [-0.1, -0.05) is 29.8 Å². The Bertz CT molecular complexity index is 953.